The van der Waals surface area contributed by atoms with Crippen LogP contribution in [0.3, 0.4) is 0 Å². The van der Waals surface area contributed by atoms with Crippen LogP contribution in [0.15, 0.2) is 0 Å². The average Bonchev–Trinajstić information content (AvgIpc) is 2.31. The van der Waals surface area contributed by atoms with Gasteiger partial charge in [-0.05, 0) is 52.2 Å². The molecular weight excluding hydrogens is 198 g/mol. The van der Waals surface area contributed by atoms with Crippen molar-refractivity contribution in [2.75, 3.05) is 19.6 Å². The fraction of sp³-hybridized carbons (Fsp3) is 0.923. The molecule has 1 rings (SSSR count). The van der Waals surface area contributed by atoms with E-state index in [0.717, 1.165) is 25.4 Å². The molecule has 92 valence electrons. The van der Waals surface area contributed by atoms with E-state index in [0.29, 0.717) is 0 Å². The SMILES string of the molecule is CCC(C#N)NCCCN1CCCCC1C. The number of nitrogens with zero attached hydrogens (tertiary/aromatic N) is 2. The van der Waals surface area contributed by atoms with Gasteiger partial charge in [-0.15, -0.1) is 0 Å². The van der Waals surface area contributed by atoms with Gasteiger partial charge < -0.3 is 10.2 Å². The van der Waals surface area contributed by atoms with Crippen LogP contribution in [0.1, 0.15) is 46.0 Å². The van der Waals surface area contributed by atoms with Gasteiger partial charge in [0, 0.05) is 6.04 Å². The summed E-state index contributed by atoms with van der Waals surface area (Å²) in [6.07, 6.45) is 6.15. The lowest BCUT2D eigenvalue weighted by Crippen LogP contribution is -2.39. The highest BCUT2D eigenvalue weighted by Gasteiger charge is 2.17. The Bertz CT molecular complexity index is 222. The summed E-state index contributed by atoms with van der Waals surface area (Å²) in [5, 5.41) is 12.1. The van der Waals surface area contributed by atoms with E-state index in [2.05, 4.69) is 23.2 Å². The van der Waals surface area contributed by atoms with Crippen LogP contribution in [0, 0.1) is 11.3 Å². The van der Waals surface area contributed by atoms with Crippen molar-refractivity contribution in [3.63, 3.8) is 0 Å². The van der Waals surface area contributed by atoms with Crippen LogP contribution >= 0.6 is 0 Å². The number of hydrogen-bond donors (Lipinski definition) is 1. The topological polar surface area (TPSA) is 39.1 Å². The van der Waals surface area contributed by atoms with Gasteiger partial charge in [0.25, 0.3) is 0 Å². The van der Waals surface area contributed by atoms with E-state index in [-0.39, 0.29) is 6.04 Å². The third-order valence-electron chi connectivity index (χ3n) is 3.52. The summed E-state index contributed by atoms with van der Waals surface area (Å²) >= 11 is 0. The molecule has 1 saturated heterocycles. The molecule has 1 fully saturated rings. The summed E-state index contributed by atoms with van der Waals surface area (Å²) in [5.41, 5.74) is 0. The minimum absolute atomic E-state index is 0.0405. The van der Waals surface area contributed by atoms with Crippen molar-refractivity contribution < 1.29 is 0 Å². The largest absolute Gasteiger partial charge is 0.302 e. The molecule has 3 heteroatoms. The number of piperidine rings is 1. The maximum atomic E-state index is 8.79. The van der Waals surface area contributed by atoms with Crippen molar-refractivity contribution in [2.24, 2.45) is 0 Å². The molecule has 0 aromatic heterocycles. The maximum Gasteiger partial charge on any atom is 0.0950 e. The smallest absolute Gasteiger partial charge is 0.0950 e. The molecular formula is C13H25N3. The molecule has 0 aliphatic carbocycles. The highest BCUT2D eigenvalue weighted by Crippen LogP contribution is 2.15. The molecule has 1 N–H and O–H groups in total. The summed E-state index contributed by atoms with van der Waals surface area (Å²) in [5.74, 6) is 0. The van der Waals surface area contributed by atoms with E-state index in [4.69, 9.17) is 5.26 Å². The number of rotatable bonds is 6. The second kappa shape index (κ2) is 7.65. The molecule has 0 aromatic carbocycles. The molecule has 16 heavy (non-hydrogen) atoms. The zero-order chi connectivity index (χ0) is 11.8. The molecule has 1 heterocycles. The molecule has 3 nitrogen and oxygen atoms in total. The number of likely N-dealkylation sites (tertiary alicyclic amines) is 1. The monoisotopic (exact) mass is 223 g/mol. The Hall–Kier alpha value is -0.590. The van der Waals surface area contributed by atoms with E-state index < -0.39 is 0 Å². The Kier molecular flexibility index (Phi) is 6.44. The lowest BCUT2D eigenvalue weighted by Gasteiger charge is -2.33. The summed E-state index contributed by atoms with van der Waals surface area (Å²) < 4.78 is 0. The first-order valence-corrected chi connectivity index (χ1v) is 6.65. The first kappa shape index (κ1) is 13.5. The zero-order valence-corrected chi connectivity index (χ0v) is 10.7. The summed E-state index contributed by atoms with van der Waals surface area (Å²) in [6.45, 7) is 7.78. The van der Waals surface area contributed by atoms with Crippen LogP contribution in [0.4, 0.5) is 0 Å². The van der Waals surface area contributed by atoms with Crippen molar-refractivity contribution in [1.29, 1.82) is 5.26 Å². The minimum atomic E-state index is 0.0405. The first-order chi connectivity index (χ1) is 7.77. The molecule has 0 saturated carbocycles. The highest BCUT2D eigenvalue weighted by atomic mass is 15.2. The van der Waals surface area contributed by atoms with Crippen molar-refractivity contribution >= 4 is 0 Å². The first-order valence-electron chi connectivity index (χ1n) is 6.65. The third-order valence-corrected chi connectivity index (χ3v) is 3.52. The van der Waals surface area contributed by atoms with Crippen LogP contribution < -0.4 is 5.32 Å². The normalized spacial score (nSPS) is 23.9. The highest BCUT2D eigenvalue weighted by molar-refractivity contribution is 4.88. The molecule has 2 unspecified atom stereocenters. The lowest BCUT2D eigenvalue weighted by molar-refractivity contribution is 0.158. The standard InChI is InChI=1S/C13H25N3/c1-3-13(11-14)15-8-6-10-16-9-5-4-7-12(16)2/h12-13,15H,3-10H2,1-2H3. The van der Waals surface area contributed by atoms with Gasteiger partial charge in [-0.2, -0.15) is 5.26 Å². The number of hydrogen-bond acceptors (Lipinski definition) is 3. The van der Waals surface area contributed by atoms with E-state index in [1.807, 2.05) is 6.92 Å². The van der Waals surface area contributed by atoms with Gasteiger partial charge in [0.05, 0.1) is 12.1 Å². The number of nitriles is 1. The summed E-state index contributed by atoms with van der Waals surface area (Å²) in [6, 6.07) is 3.07. The van der Waals surface area contributed by atoms with Gasteiger partial charge >= 0.3 is 0 Å². The van der Waals surface area contributed by atoms with E-state index in [1.165, 1.54) is 32.4 Å². The van der Waals surface area contributed by atoms with E-state index >= 15 is 0 Å². The van der Waals surface area contributed by atoms with Gasteiger partial charge in [0.1, 0.15) is 0 Å². The predicted molar refractivity (Wildman–Crippen MR) is 67.2 cm³/mol. The maximum absolute atomic E-state index is 8.79. The quantitative estimate of drug-likeness (QED) is 0.701. The minimum Gasteiger partial charge on any atom is -0.302 e. The third kappa shape index (κ3) is 4.51. The Morgan fingerprint density at radius 2 is 2.31 bits per heavy atom. The number of nitrogens with one attached hydrogen (secondary N) is 1. The van der Waals surface area contributed by atoms with E-state index in [9.17, 15) is 0 Å². The molecule has 0 radical (unpaired) electrons. The Labute approximate surface area is 99.8 Å². The molecule has 1 aliphatic heterocycles. The Morgan fingerprint density at radius 1 is 1.50 bits per heavy atom. The molecule has 0 aromatic rings. The predicted octanol–water partition coefficient (Wildman–Crippen LogP) is 2.14. The summed E-state index contributed by atoms with van der Waals surface area (Å²) in [7, 11) is 0. The van der Waals surface area contributed by atoms with Gasteiger partial charge in [0.15, 0.2) is 0 Å². The molecule has 0 bridgehead atoms. The van der Waals surface area contributed by atoms with Crippen molar-refractivity contribution in [1.82, 2.24) is 10.2 Å². The second-order valence-corrected chi connectivity index (χ2v) is 4.78. The van der Waals surface area contributed by atoms with Crippen molar-refractivity contribution in [3.05, 3.63) is 0 Å². The van der Waals surface area contributed by atoms with Crippen molar-refractivity contribution in [3.8, 4) is 6.07 Å². The molecule has 2 atom stereocenters. The fourth-order valence-corrected chi connectivity index (χ4v) is 2.33. The Balaban J connectivity index is 2.08. The van der Waals surface area contributed by atoms with E-state index in [1.54, 1.807) is 0 Å². The molecule has 1 aliphatic rings. The second-order valence-electron chi connectivity index (χ2n) is 4.78. The van der Waals surface area contributed by atoms with Crippen LogP contribution in [0.2, 0.25) is 0 Å². The van der Waals surface area contributed by atoms with Gasteiger partial charge in [-0.3, -0.25) is 0 Å². The zero-order valence-electron chi connectivity index (χ0n) is 10.7. The van der Waals surface area contributed by atoms with Gasteiger partial charge in [-0.25, -0.2) is 0 Å². The van der Waals surface area contributed by atoms with Crippen LogP contribution in [0.25, 0.3) is 0 Å². The van der Waals surface area contributed by atoms with Crippen LogP contribution in [0.5, 0.6) is 0 Å². The lowest BCUT2D eigenvalue weighted by atomic mass is 10.0. The molecule has 0 spiro atoms. The van der Waals surface area contributed by atoms with Gasteiger partial charge in [-0.1, -0.05) is 13.3 Å². The molecule has 0 amide bonds. The average molecular weight is 223 g/mol. The fourth-order valence-electron chi connectivity index (χ4n) is 2.33. The van der Waals surface area contributed by atoms with Crippen LogP contribution in [-0.2, 0) is 0 Å². The Morgan fingerprint density at radius 3 is 2.94 bits per heavy atom. The van der Waals surface area contributed by atoms with Crippen LogP contribution in [-0.4, -0.2) is 36.6 Å². The summed E-state index contributed by atoms with van der Waals surface area (Å²) in [4.78, 5) is 2.58. The van der Waals surface area contributed by atoms with Gasteiger partial charge in [0.2, 0.25) is 0 Å². The van der Waals surface area contributed by atoms with Crippen molar-refractivity contribution in [2.45, 2.75) is 58.0 Å².